The third kappa shape index (κ3) is 4.19. The summed E-state index contributed by atoms with van der Waals surface area (Å²) in [5, 5.41) is 9.04. The molecular formula is C14H20O3. The Morgan fingerprint density at radius 1 is 1.35 bits per heavy atom. The van der Waals surface area contributed by atoms with E-state index in [9.17, 15) is 4.79 Å². The van der Waals surface area contributed by atoms with Crippen LogP contribution in [0.15, 0.2) is 30.3 Å². The lowest BCUT2D eigenvalue weighted by Gasteiger charge is -2.28. The molecule has 1 atom stereocenters. The van der Waals surface area contributed by atoms with Crippen LogP contribution in [0.4, 0.5) is 0 Å². The summed E-state index contributed by atoms with van der Waals surface area (Å²) in [4.78, 5) is 11.0. The van der Waals surface area contributed by atoms with Crippen LogP contribution in [0.3, 0.4) is 0 Å². The molecule has 0 aliphatic carbocycles. The topological polar surface area (TPSA) is 46.5 Å². The Bertz CT molecular complexity index is 348. The van der Waals surface area contributed by atoms with Crippen molar-refractivity contribution in [3.05, 3.63) is 35.9 Å². The fourth-order valence-corrected chi connectivity index (χ4v) is 2.12. The van der Waals surface area contributed by atoms with Crippen LogP contribution in [0, 0.1) is 0 Å². The highest BCUT2D eigenvalue weighted by molar-refractivity contribution is 5.69. The number of carbonyl (C=O) groups is 1. The van der Waals surface area contributed by atoms with Crippen LogP contribution in [0.2, 0.25) is 0 Å². The third-order valence-corrected chi connectivity index (χ3v) is 3.09. The molecule has 1 N–H and O–H groups in total. The van der Waals surface area contributed by atoms with Crippen molar-refractivity contribution in [3.63, 3.8) is 0 Å². The zero-order valence-corrected chi connectivity index (χ0v) is 10.5. The molecule has 0 radical (unpaired) electrons. The van der Waals surface area contributed by atoms with Gasteiger partial charge in [-0.3, -0.25) is 4.79 Å². The lowest BCUT2D eigenvalue weighted by atomic mass is 9.76. The van der Waals surface area contributed by atoms with E-state index in [1.807, 2.05) is 37.3 Å². The van der Waals surface area contributed by atoms with Crippen molar-refractivity contribution in [2.75, 3.05) is 13.7 Å². The van der Waals surface area contributed by atoms with Gasteiger partial charge in [0, 0.05) is 19.1 Å². The average Bonchev–Trinajstić information content (AvgIpc) is 2.29. The molecule has 0 aliphatic heterocycles. The molecule has 94 valence electrons. The Morgan fingerprint density at radius 3 is 2.53 bits per heavy atom. The Hall–Kier alpha value is -1.35. The van der Waals surface area contributed by atoms with Gasteiger partial charge < -0.3 is 9.84 Å². The maximum absolute atomic E-state index is 11.0. The largest absolute Gasteiger partial charge is 0.481 e. The van der Waals surface area contributed by atoms with Crippen molar-refractivity contribution < 1.29 is 14.6 Å². The molecule has 0 saturated carbocycles. The summed E-state index contributed by atoms with van der Waals surface area (Å²) in [5.41, 5.74) is 0.768. The second-order valence-corrected chi connectivity index (χ2v) is 4.59. The zero-order valence-electron chi connectivity index (χ0n) is 10.5. The molecule has 1 aromatic rings. The maximum atomic E-state index is 11.0. The average molecular weight is 236 g/mol. The predicted molar refractivity (Wildman–Crippen MR) is 67.2 cm³/mol. The maximum Gasteiger partial charge on any atom is 0.304 e. The predicted octanol–water partition coefficient (Wildman–Crippen LogP) is 2.85. The number of hydrogen-bond acceptors (Lipinski definition) is 2. The fraction of sp³-hybridized carbons (Fsp3) is 0.500. The van der Waals surface area contributed by atoms with Gasteiger partial charge in [0.15, 0.2) is 0 Å². The summed E-state index contributed by atoms with van der Waals surface area (Å²) in [5.74, 6) is -0.756. The summed E-state index contributed by atoms with van der Waals surface area (Å²) in [6.07, 6.45) is 1.84. The number of hydrogen-bond donors (Lipinski definition) is 1. The van der Waals surface area contributed by atoms with Crippen molar-refractivity contribution in [1.82, 2.24) is 0 Å². The molecule has 1 rings (SSSR count). The van der Waals surface area contributed by atoms with Crippen molar-refractivity contribution in [3.8, 4) is 0 Å². The van der Waals surface area contributed by atoms with E-state index in [1.54, 1.807) is 7.11 Å². The van der Waals surface area contributed by atoms with E-state index in [1.165, 1.54) is 0 Å². The Balaban J connectivity index is 2.81. The first-order valence-corrected chi connectivity index (χ1v) is 5.85. The molecule has 0 saturated heterocycles. The van der Waals surface area contributed by atoms with Gasteiger partial charge in [0.05, 0.1) is 6.42 Å². The number of rotatable bonds is 7. The molecule has 3 nitrogen and oxygen atoms in total. The molecule has 0 bridgehead atoms. The van der Waals surface area contributed by atoms with Gasteiger partial charge in [-0.05, 0) is 18.4 Å². The Labute approximate surface area is 102 Å². The van der Waals surface area contributed by atoms with Gasteiger partial charge in [-0.25, -0.2) is 0 Å². The number of ether oxygens (including phenoxy) is 1. The number of aliphatic carboxylic acids is 1. The van der Waals surface area contributed by atoms with Crippen LogP contribution < -0.4 is 0 Å². The first-order valence-electron chi connectivity index (χ1n) is 5.85. The highest BCUT2D eigenvalue weighted by Crippen LogP contribution is 2.32. The van der Waals surface area contributed by atoms with Gasteiger partial charge in [-0.2, -0.15) is 0 Å². The van der Waals surface area contributed by atoms with Gasteiger partial charge in [-0.15, -0.1) is 0 Å². The van der Waals surface area contributed by atoms with Crippen molar-refractivity contribution in [1.29, 1.82) is 0 Å². The first-order chi connectivity index (χ1) is 8.08. The number of carboxylic acid groups (broad SMARTS) is 1. The van der Waals surface area contributed by atoms with Crippen LogP contribution in [0.5, 0.6) is 0 Å². The minimum absolute atomic E-state index is 0.153. The molecular weight excluding hydrogens is 216 g/mol. The third-order valence-electron chi connectivity index (χ3n) is 3.09. The first kappa shape index (κ1) is 13.7. The summed E-state index contributed by atoms with van der Waals surface area (Å²) < 4.78 is 5.03. The van der Waals surface area contributed by atoms with E-state index in [2.05, 4.69) is 0 Å². The highest BCUT2D eigenvalue weighted by Gasteiger charge is 2.28. The lowest BCUT2D eigenvalue weighted by Crippen LogP contribution is -2.26. The van der Waals surface area contributed by atoms with Gasteiger partial charge in [0.1, 0.15) is 0 Å². The molecule has 0 amide bonds. The Kier molecular flexibility index (Phi) is 5.16. The van der Waals surface area contributed by atoms with E-state index in [0.29, 0.717) is 6.61 Å². The van der Waals surface area contributed by atoms with Crippen LogP contribution in [-0.4, -0.2) is 24.8 Å². The quantitative estimate of drug-likeness (QED) is 0.740. The fourth-order valence-electron chi connectivity index (χ4n) is 2.12. The number of carboxylic acids is 1. The molecule has 3 heteroatoms. The Morgan fingerprint density at radius 2 is 2.00 bits per heavy atom. The van der Waals surface area contributed by atoms with Gasteiger partial charge in [-0.1, -0.05) is 37.3 Å². The molecule has 0 spiro atoms. The second kappa shape index (κ2) is 6.40. The van der Waals surface area contributed by atoms with Crippen LogP contribution in [0.1, 0.15) is 31.7 Å². The smallest absolute Gasteiger partial charge is 0.304 e. The van der Waals surface area contributed by atoms with Crippen LogP contribution in [0.25, 0.3) is 0 Å². The van der Waals surface area contributed by atoms with Crippen LogP contribution >= 0.6 is 0 Å². The van der Waals surface area contributed by atoms with Crippen molar-refractivity contribution in [2.24, 2.45) is 0 Å². The van der Waals surface area contributed by atoms with Crippen molar-refractivity contribution in [2.45, 2.75) is 31.6 Å². The van der Waals surface area contributed by atoms with Gasteiger partial charge >= 0.3 is 5.97 Å². The molecule has 0 fully saturated rings. The molecule has 17 heavy (non-hydrogen) atoms. The van der Waals surface area contributed by atoms with E-state index < -0.39 is 5.97 Å². The van der Waals surface area contributed by atoms with Gasteiger partial charge in [0.2, 0.25) is 0 Å². The number of benzene rings is 1. The lowest BCUT2D eigenvalue weighted by molar-refractivity contribution is -0.138. The summed E-state index contributed by atoms with van der Waals surface area (Å²) in [6.45, 7) is 2.67. The minimum atomic E-state index is -0.756. The normalized spacial score (nSPS) is 14.2. The van der Waals surface area contributed by atoms with Crippen molar-refractivity contribution >= 4 is 5.97 Å². The SMILES string of the molecule is COCCCC(C)(CC(=O)O)c1ccccc1. The van der Waals surface area contributed by atoms with E-state index in [0.717, 1.165) is 18.4 Å². The van der Waals surface area contributed by atoms with E-state index in [-0.39, 0.29) is 11.8 Å². The zero-order chi connectivity index (χ0) is 12.7. The van der Waals surface area contributed by atoms with E-state index >= 15 is 0 Å². The minimum Gasteiger partial charge on any atom is -0.481 e. The summed E-state index contributed by atoms with van der Waals surface area (Å²) in [6, 6.07) is 9.84. The summed E-state index contributed by atoms with van der Waals surface area (Å²) in [7, 11) is 1.66. The molecule has 0 heterocycles. The van der Waals surface area contributed by atoms with Gasteiger partial charge in [0.25, 0.3) is 0 Å². The molecule has 1 aromatic carbocycles. The standard InChI is InChI=1S/C14H20O3/c1-14(11-13(15)16,9-6-10-17-2)12-7-4-3-5-8-12/h3-5,7-8H,6,9-11H2,1-2H3,(H,15,16). The second-order valence-electron chi connectivity index (χ2n) is 4.59. The van der Waals surface area contributed by atoms with E-state index in [4.69, 9.17) is 9.84 Å². The molecule has 0 aromatic heterocycles. The number of methoxy groups -OCH3 is 1. The molecule has 0 aliphatic rings. The molecule has 1 unspecified atom stereocenters. The summed E-state index contributed by atoms with van der Waals surface area (Å²) >= 11 is 0. The van der Waals surface area contributed by atoms with Crippen LogP contribution in [-0.2, 0) is 14.9 Å². The highest BCUT2D eigenvalue weighted by atomic mass is 16.5. The monoisotopic (exact) mass is 236 g/mol.